The molecule has 1 atom stereocenters. The van der Waals surface area contributed by atoms with Crippen LogP contribution in [-0.2, 0) is 13.0 Å². The van der Waals surface area contributed by atoms with E-state index in [-0.39, 0.29) is 18.4 Å². The van der Waals surface area contributed by atoms with Crippen molar-refractivity contribution in [1.29, 1.82) is 0 Å². The van der Waals surface area contributed by atoms with Crippen molar-refractivity contribution in [1.82, 2.24) is 0 Å². The lowest BCUT2D eigenvalue weighted by Crippen LogP contribution is -2.89. The molecule has 0 saturated carbocycles. The molecule has 0 radical (unpaired) electrons. The van der Waals surface area contributed by atoms with Crippen molar-refractivity contribution >= 4 is 11.0 Å². The fraction of sp³-hybridized carbons (Fsp3) is 0.438. The summed E-state index contributed by atoms with van der Waals surface area (Å²) in [7, 11) is 0. The van der Waals surface area contributed by atoms with Gasteiger partial charge in [0.05, 0.1) is 6.61 Å². The quantitative estimate of drug-likeness (QED) is 0.690. The Kier molecular flexibility index (Phi) is 4.98. The Labute approximate surface area is 123 Å². The summed E-state index contributed by atoms with van der Waals surface area (Å²) in [6.45, 7) is 4.68. The second-order valence-corrected chi connectivity index (χ2v) is 5.21. The van der Waals surface area contributed by atoms with E-state index in [4.69, 9.17) is 4.42 Å². The number of aliphatic hydroxyl groups excluding tert-OH is 1. The summed E-state index contributed by atoms with van der Waals surface area (Å²) in [6.07, 6.45) is 1.56. The number of nitrogens with two attached hydrogens (primary N) is 1. The number of phenolic OH excluding ortho intramolecular Hbond substituents is 1. The maximum atomic E-state index is 11.6. The highest BCUT2D eigenvalue weighted by atomic mass is 16.4. The molecule has 0 fully saturated rings. The van der Waals surface area contributed by atoms with Crippen molar-refractivity contribution in [2.75, 3.05) is 6.61 Å². The number of hydrogen-bond acceptors (Lipinski definition) is 4. The molecule has 0 amide bonds. The standard InChI is InChI=1S/C16H21NO4/c1-3-10-5-13-11(8-17-12(4-2)9-18)6-16(20)21-15(13)7-14(10)19/h5-7,12,17-19H,3-4,8-9H2,1-2H3/p+1/t12-/m0/s1. The number of quaternary nitrogens is 1. The van der Waals surface area contributed by atoms with E-state index in [1.54, 1.807) is 0 Å². The van der Waals surface area contributed by atoms with Gasteiger partial charge in [-0.1, -0.05) is 13.8 Å². The molecule has 0 spiro atoms. The first-order chi connectivity index (χ1) is 10.1. The van der Waals surface area contributed by atoms with Gasteiger partial charge in [-0.15, -0.1) is 0 Å². The highest BCUT2D eigenvalue weighted by Crippen LogP contribution is 2.26. The summed E-state index contributed by atoms with van der Waals surface area (Å²) in [5, 5.41) is 22.0. The monoisotopic (exact) mass is 292 g/mol. The molecule has 5 heteroatoms. The van der Waals surface area contributed by atoms with Crippen LogP contribution in [0.4, 0.5) is 0 Å². The number of aliphatic hydroxyl groups is 1. The molecule has 0 saturated heterocycles. The number of hydrogen-bond donors (Lipinski definition) is 3. The molecule has 21 heavy (non-hydrogen) atoms. The van der Waals surface area contributed by atoms with Crippen LogP contribution in [0.3, 0.4) is 0 Å². The zero-order valence-corrected chi connectivity index (χ0v) is 12.4. The van der Waals surface area contributed by atoms with Gasteiger partial charge in [-0.3, -0.25) is 0 Å². The molecule has 0 unspecified atom stereocenters. The normalized spacial score (nSPS) is 12.7. The minimum atomic E-state index is -0.424. The van der Waals surface area contributed by atoms with Gasteiger partial charge in [-0.25, -0.2) is 4.79 Å². The lowest BCUT2D eigenvalue weighted by Gasteiger charge is -2.12. The van der Waals surface area contributed by atoms with Gasteiger partial charge >= 0.3 is 5.63 Å². The van der Waals surface area contributed by atoms with Crippen LogP contribution in [0.5, 0.6) is 5.75 Å². The molecule has 114 valence electrons. The highest BCUT2D eigenvalue weighted by Gasteiger charge is 2.13. The second kappa shape index (κ2) is 6.74. The number of aromatic hydroxyl groups is 1. The third-order valence-corrected chi connectivity index (χ3v) is 3.84. The number of aryl methyl sites for hydroxylation is 1. The van der Waals surface area contributed by atoms with E-state index in [1.165, 1.54) is 12.1 Å². The van der Waals surface area contributed by atoms with Gasteiger partial charge in [0, 0.05) is 23.1 Å². The second-order valence-electron chi connectivity index (χ2n) is 5.21. The van der Waals surface area contributed by atoms with E-state index in [9.17, 15) is 15.0 Å². The zero-order valence-electron chi connectivity index (χ0n) is 12.4. The number of fused-ring (bicyclic) bond motifs is 1. The lowest BCUT2D eigenvalue weighted by molar-refractivity contribution is -0.706. The molecular weight excluding hydrogens is 270 g/mol. The molecule has 1 aromatic carbocycles. The summed E-state index contributed by atoms with van der Waals surface area (Å²) in [5.74, 6) is 0.149. The Bertz CT molecular complexity index is 674. The Balaban J connectivity index is 2.44. The van der Waals surface area contributed by atoms with Gasteiger partial charge in [0.25, 0.3) is 0 Å². The van der Waals surface area contributed by atoms with E-state index in [1.807, 2.05) is 25.2 Å². The number of phenols is 1. The molecular formula is C16H22NO4+. The summed E-state index contributed by atoms with van der Waals surface area (Å²) in [5.41, 5.74) is 1.67. The lowest BCUT2D eigenvalue weighted by atomic mass is 10.0. The van der Waals surface area contributed by atoms with Crippen molar-refractivity contribution in [2.45, 2.75) is 39.3 Å². The molecule has 5 nitrogen and oxygen atoms in total. The predicted octanol–water partition coefficient (Wildman–Crippen LogP) is 0.895. The minimum Gasteiger partial charge on any atom is -0.508 e. The van der Waals surface area contributed by atoms with Crippen LogP contribution in [-0.4, -0.2) is 22.9 Å². The topological polar surface area (TPSA) is 87.3 Å². The van der Waals surface area contributed by atoms with E-state index in [0.29, 0.717) is 18.5 Å². The van der Waals surface area contributed by atoms with Crippen LogP contribution in [0.1, 0.15) is 31.4 Å². The van der Waals surface area contributed by atoms with Gasteiger partial charge in [0.2, 0.25) is 0 Å². The van der Waals surface area contributed by atoms with Crippen molar-refractivity contribution in [3.8, 4) is 5.75 Å². The van der Waals surface area contributed by atoms with E-state index >= 15 is 0 Å². The molecule has 1 aromatic heterocycles. The summed E-state index contributed by atoms with van der Waals surface area (Å²) >= 11 is 0. The third kappa shape index (κ3) is 3.43. The number of rotatable bonds is 6. The van der Waals surface area contributed by atoms with Crippen LogP contribution >= 0.6 is 0 Å². The average molecular weight is 292 g/mol. The highest BCUT2D eigenvalue weighted by molar-refractivity contribution is 5.82. The fourth-order valence-corrected chi connectivity index (χ4v) is 2.42. The first-order valence-corrected chi connectivity index (χ1v) is 7.31. The largest absolute Gasteiger partial charge is 0.508 e. The van der Waals surface area contributed by atoms with Crippen molar-refractivity contribution in [2.24, 2.45) is 0 Å². The van der Waals surface area contributed by atoms with Crippen molar-refractivity contribution < 1.29 is 19.9 Å². The first-order valence-electron chi connectivity index (χ1n) is 7.31. The molecule has 0 aliphatic rings. The van der Waals surface area contributed by atoms with Crippen molar-refractivity contribution in [3.63, 3.8) is 0 Å². The van der Waals surface area contributed by atoms with Gasteiger partial charge in [-0.05, 0) is 24.5 Å². The Hall–Kier alpha value is -1.85. The first kappa shape index (κ1) is 15.5. The molecule has 4 N–H and O–H groups in total. The SMILES string of the molecule is CCc1cc2c(C[NH2+][C@@H](CC)CO)cc(=O)oc2cc1O. The van der Waals surface area contributed by atoms with Crippen LogP contribution in [0, 0.1) is 0 Å². The minimum absolute atomic E-state index is 0.108. The maximum Gasteiger partial charge on any atom is 0.336 e. The summed E-state index contributed by atoms with van der Waals surface area (Å²) in [4.78, 5) is 11.6. The van der Waals surface area contributed by atoms with E-state index < -0.39 is 5.63 Å². The Morgan fingerprint density at radius 1 is 1.24 bits per heavy atom. The summed E-state index contributed by atoms with van der Waals surface area (Å²) < 4.78 is 5.16. The molecule has 0 bridgehead atoms. The van der Waals surface area contributed by atoms with Crippen LogP contribution in [0.25, 0.3) is 11.0 Å². The fourth-order valence-electron chi connectivity index (χ4n) is 2.42. The van der Waals surface area contributed by atoms with Crippen LogP contribution in [0.2, 0.25) is 0 Å². The van der Waals surface area contributed by atoms with Crippen LogP contribution in [0.15, 0.2) is 27.4 Å². The van der Waals surface area contributed by atoms with Gasteiger partial charge in [0.15, 0.2) is 0 Å². The predicted molar refractivity (Wildman–Crippen MR) is 80.3 cm³/mol. The summed E-state index contributed by atoms with van der Waals surface area (Å²) in [6, 6.07) is 4.98. The van der Waals surface area contributed by atoms with Crippen molar-refractivity contribution in [3.05, 3.63) is 39.7 Å². The van der Waals surface area contributed by atoms with E-state index in [2.05, 4.69) is 0 Å². The van der Waals surface area contributed by atoms with Gasteiger partial charge < -0.3 is 19.9 Å². The maximum absolute atomic E-state index is 11.6. The van der Waals surface area contributed by atoms with Gasteiger partial charge in [-0.2, -0.15) is 0 Å². The Morgan fingerprint density at radius 2 is 2.00 bits per heavy atom. The molecule has 0 aliphatic heterocycles. The molecule has 2 aromatic rings. The average Bonchev–Trinajstić information content (AvgIpc) is 2.47. The third-order valence-electron chi connectivity index (χ3n) is 3.84. The number of benzene rings is 1. The molecule has 0 aliphatic carbocycles. The van der Waals surface area contributed by atoms with Crippen LogP contribution < -0.4 is 10.9 Å². The Morgan fingerprint density at radius 3 is 2.62 bits per heavy atom. The molecule has 2 rings (SSSR count). The van der Waals surface area contributed by atoms with E-state index in [0.717, 1.165) is 22.9 Å². The smallest absolute Gasteiger partial charge is 0.336 e. The molecule has 1 heterocycles. The van der Waals surface area contributed by atoms with Gasteiger partial charge in [0.1, 0.15) is 23.9 Å². The zero-order chi connectivity index (χ0) is 15.4.